The number of nitriles is 1. The Morgan fingerprint density at radius 1 is 1.42 bits per heavy atom. The zero-order valence-electron chi connectivity index (χ0n) is 13.9. The summed E-state index contributed by atoms with van der Waals surface area (Å²) < 4.78 is 49.0. The molecule has 1 aromatic carbocycles. The number of esters is 1. The zero-order valence-corrected chi connectivity index (χ0v) is 14.7. The van der Waals surface area contributed by atoms with Crippen LogP contribution in [0.1, 0.15) is 25.3 Å². The highest BCUT2D eigenvalue weighted by Crippen LogP contribution is 2.46. The minimum Gasteiger partial charge on any atom is -0.463 e. The van der Waals surface area contributed by atoms with E-state index in [9.17, 15) is 23.2 Å². The minimum atomic E-state index is -4.54. The van der Waals surface area contributed by atoms with E-state index < -0.39 is 17.4 Å². The fraction of sp³-hybridized carbons (Fsp3) is 0.294. The van der Waals surface area contributed by atoms with E-state index in [1.165, 1.54) is 31.2 Å². The first-order valence-corrected chi connectivity index (χ1v) is 8.31. The number of carbonyl (C=O) groups is 1. The molecule has 0 spiro atoms. The fourth-order valence-electron chi connectivity index (χ4n) is 2.60. The van der Waals surface area contributed by atoms with Crippen LogP contribution >= 0.6 is 11.8 Å². The van der Waals surface area contributed by atoms with Gasteiger partial charge in [-0.3, -0.25) is 0 Å². The molecule has 0 saturated heterocycles. The maximum absolute atomic E-state index is 12.9. The molecule has 26 heavy (non-hydrogen) atoms. The monoisotopic (exact) mass is 384 g/mol. The maximum atomic E-state index is 12.9. The molecule has 1 atom stereocenters. The summed E-state index contributed by atoms with van der Waals surface area (Å²) in [5.74, 6) is -2.06. The largest absolute Gasteiger partial charge is 0.463 e. The SMILES string of the molecule is CCOC(=O)C1=C(C)OC(N)=C(C#N)C1c1ccccc1SC(F)(F)F. The normalized spacial score (nSPS) is 17.6. The molecule has 1 heterocycles. The van der Waals surface area contributed by atoms with Crippen molar-refractivity contribution in [2.75, 3.05) is 6.61 Å². The third-order valence-corrected chi connectivity index (χ3v) is 4.38. The average Bonchev–Trinajstić information content (AvgIpc) is 2.53. The summed E-state index contributed by atoms with van der Waals surface area (Å²) >= 11 is -0.325. The van der Waals surface area contributed by atoms with Gasteiger partial charge < -0.3 is 15.2 Å². The van der Waals surface area contributed by atoms with Gasteiger partial charge in [0.15, 0.2) is 0 Å². The molecule has 0 radical (unpaired) electrons. The summed E-state index contributed by atoms with van der Waals surface area (Å²) in [4.78, 5) is 12.3. The molecule has 2 N–H and O–H groups in total. The van der Waals surface area contributed by atoms with E-state index in [0.29, 0.717) is 0 Å². The number of hydrogen-bond donors (Lipinski definition) is 1. The Morgan fingerprint density at radius 3 is 2.65 bits per heavy atom. The van der Waals surface area contributed by atoms with Crippen LogP contribution in [0.2, 0.25) is 0 Å². The molecule has 0 bridgehead atoms. The first kappa shape index (κ1) is 19.7. The van der Waals surface area contributed by atoms with Gasteiger partial charge in [-0.2, -0.15) is 18.4 Å². The Labute approximate surface area is 152 Å². The number of alkyl halides is 3. The van der Waals surface area contributed by atoms with E-state index in [1.807, 2.05) is 6.07 Å². The van der Waals surface area contributed by atoms with Gasteiger partial charge in [0.1, 0.15) is 17.4 Å². The number of halogens is 3. The van der Waals surface area contributed by atoms with Crippen LogP contribution < -0.4 is 5.73 Å². The summed E-state index contributed by atoms with van der Waals surface area (Å²) in [7, 11) is 0. The number of rotatable bonds is 4. The highest BCUT2D eigenvalue weighted by molar-refractivity contribution is 8.00. The van der Waals surface area contributed by atoms with Crippen LogP contribution in [0.5, 0.6) is 0 Å². The van der Waals surface area contributed by atoms with Crippen molar-refractivity contribution in [2.24, 2.45) is 5.73 Å². The van der Waals surface area contributed by atoms with Gasteiger partial charge in [0.05, 0.1) is 18.1 Å². The third kappa shape index (κ3) is 4.14. The summed E-state index contributed by atoms with van der Waals surface area (Å²) in [6.45, 7) is 3.09. The van der Waals surface area contributed by atoms with E-state index in [-0.39, 0.29) is 51.6 Å². The molecule has 138 valence electrons. The second-order valence-electron chi connectivity index (χ2n) is 5.20. The van der Waals surface area contributed by atoms with Crippen molar-refractivity contribution < 1.29 is 27.4 Å². The molecule has 1 unspecified atom stereocenters. The summed E-state index contributed by atoms with van der Waals surface area (Å²) in [5.41, 5.74) is 1.14. The second-order valence-corrected chi connectivity index (χ2v) is 6.31. The topological polar surface area (TPSA) is 85.3 Å². The number of allylic oxidation sites excluding steroid dienone is 2. The molecular formula is C17H15F3N2O3S. The molecular weight excluding hydrogens is 369 g/mol. The average molecular weight is 384 g/mol. The highest BCUT2D eigenvalue weighted by atomic mass is 32.2. The minimum absolute atomic E-state index is 0.0483. The molecule has 1 aromatic rings. The van der Waals surface area contributed by atoms with Crippen LogP contribution in [0.4, 0.5) is 13.2 Å². The predicted octanol–water partition coefficient (Wildman–Crippen LogP) is 3.94. The van der Waals surface area contributed by atoms with Gasteiger partial charge >= 0.3 is 11.5 Å². The smallest absolute Gasteiger partial charge is 0.446 e. The van der Waals surface area contributed by atoms with Gasteiger partial charge in [-0.05, 0) is 37.2 Å². The lowest BCUT2D eigenvalue weighted by molar-refractivity contribution is -0.139. The first-order valence-electron chi connectivity index (χ1n) is 7.49. The predicted molar refractivity (Wildman–Crippen MR) is 88.3 cm³/mol. The number of hydrogen-bond acceptors (Lipinski definition) is 6. The van der Waals surface area contributed by atoms with Gasteiger partial charge in [-0.25, -0.2) is 4.79 Å². The molecule has 0 aromatic heterocycles. The van der Waals surface area contributed by atoms with Gasteiger partial charge in [0.25, 0.3) is 0 Å². The summed E-state index contributed by atoms with van der Waals surface area (Å²) in [6, 6.07) is 7.49. The Bertz CT molecular complexity index is 825. The maximum Gasteiger partial charge on any atom is 0.446 e. The number of nitrogens with zero attached hydrogens (tertiary/aromatic N) is 1. The van der Waals surface area contributed by atoms with E-state index in [0.717, 1.165) is 0 Å². The van der Waals surface area contributed by atoms with Crippen molar-refractivity contribution >= 4 is 17.7 Å². The Balaban J connectivity index is 2.67. The zero-order chi connectivity index (χ0) is 19.5. The van der Waals surface area contributed by atoms with E-state index in [2.05, 4.69) is 0 Å². The van der Waals surface area contributed by atoms with Crippen LogP contribution in [-0.2, 0) is 14.3 Å². The molecule has 5 nitrogen and oxygen atoms in total. The van der Waals surface area contributed by atoms with Crippen molar-refractivity contribution in [3.8, 4) is 6.07 Å². The van der Waals surface area contributed by atoms with Gasteiger partial charge in [-0.1, -0.05) is 18.2 Å². The molecule has 1 aliphatic heterocycles. The molecule has 0 fully saturated rings. The molecule has 0 saturated carbocycles. The van der Waals surface area contributed by atoms with Crippen LogP contribution in [0.15, 0.2) is 51.9 Å². The molecule has 0 amide bonds. The number of ether oxygens (including phenoxy) is 2. The van der Waals surface area contributed by atoms with Crippen molar-refractivity contribution in [1.29, 1.82) is 5.26 Å². The lowest BCUT2D eigenvalue weighted by Gasteiger charge is -2.28. The number of carbonyl (C=O) groups excluding carboxylic acids is 1. The van der Waals surface area contributed by atoms with Crippen LogP contribution in [0, 0.1) is 11.3 Å². The third-order valence-electron chi connectivity index (χ3n) is 3.56. The highest BCUT2D eigenvalue weighted by Gasteiger charge is 2.39. The van der Waals surface area contributed by atoms with Crippen molar-refractivity contribution in [2.45, 2.75) is 30.2 Å². The second kappa shape index (κ2) is 7.74. The van der Waals surface area contributed by atoms with E-state index >= 15 is 0 Å². The van der Waals surface area contributed by atoms with Gasteiger partial charge in [0.2, 0.25) is 5.88 Å². The van der Waals surface area contributed by atoms with Gasteiger partial charge in [-0.15, -0.1) is 0 Å². The van der Waals surface area contributed by atoms with Crippen molar-refractivity contribution in [3.63, 3.8) is 0 Å². The number of thioether (sulfide) groups is 1. The van der Waals surface area contributed by atoms with E-state index in [4.69, 9.17) is 15.2 Å². The molecule has 1 aliphatic rings. The standard InChI is InChI=1S/C17H15F3N2O3S/c1-3-24-16(23)13-9(2)25-15(22)11(8-21)14(13)10-6-4-5-7-12(10)26-17(18,19)20/h4-7,14H,3,22H2,1-2H3. The van der Waals surface area contributed by atoms with Crippen molar-refractivity contribution in [3.05, 3.63) is 52.6 Å². The first-order chi connectivity index (χ1) is 12.2. The molecule has 9 heteroatoms. The van der Waals surface area contributed by atoms with Gasteiger partial charge in [0, 0.05) is 4.90 Å². The quantitative estimate of drug-likeness (QED) is 0.625. The fourth-order valence-corrected chi connectivity index (χ4v) is 3.30. The Kier molecular flexibility index (Phi) is 5.87. The lowest BCUT2D eigenvalue weighted by Crippen LogP contribution is -2.26. The van der Waals surface area contributed by atoms with E-state index in [1.54, 1.807) is 6.92 Å². The van der Waals surface area contributed by atoms with Crippen LogP contribution in [0.3, 0.4) is 0 Å². The van der Waals surface area contributed by atoms with Crippen molar-refractivity contribution in [1.82, 2.24) is 0 Å². The molecule has 0 aliphatic carbocycles. The number of benzene rings is 1. The number of nitrogens with two attached hydrogens (primary N) is 1. The lowest BCUT2D eigenvalue weighted by atomic mass is 9.83. The Morgan fingerprint density at radius 2 is 2.08 bits per heavy atom. The molecule has 2 rings (SSSR count). The van der Waals surface area contributed by atoms with Crippen LogP contribution in [0.25, 0.3) is 0 Å². The van der Waals surface area contributed by atoms with Crippen LogP contribution in [-0.4, -0.2) is 18.1 Å². The summed E-state index contributed by atoms with van der Waals surface area (Å²) in [5, 5.41) is 9.46. The summed E-state index contributed by atoms with van der Waals surface area (Å²) in [6.07, 6.45) is 0. The Hall–Kier alpha value is -2.60.